The number of halogens is 1. The lowest BCUT2D eigenvalue weighted by Gasteiger charge is -2.26. The van der Waals surface area contributed by atoms with Crippen molar-refractivity contribution >= 4 is 38.5 Å². The van der Waals surface area contributed by atoms with Crippen LogP contribution in [-0.4, -0.2) is 35.0 Å². The molecule has 2 N–H and O–H groups in total. The van der Waals surface area contributed by atoms with Crippen molar-refractivity contribution in [2.45, 2.75) is 26.6 Å². The minimum absolute atomic E-state index is 0.0839. The number of benzene rings is 1. The summed E-state index contributed by atoms with van der Waals surface area (Å²) in [6.07, 6.45) is 0. The van der Waals surface area contributed by atoms with Crippen LogP contribution in [0.1, 0.15) is 17.3 Å². The molecule has 0 heterocycles. The van der Waals surface area contributed by atoms with Crippen molar-refractivity contribution in [3.63, 3.8) is 0 Å². The summed E-state index contributed by atoms with van der Waals surface area (Å²) < 4.78 is 12.0. The van der Waals surface area contributed by atoms with Crippen molar-refractivity contribution in [1.82, 2.24) is 4.67 Å². The second kappa shape index (κ2) is 5.99. The first-order valence-electron chi connectivity index (χ1n) is 6.17. The van der Waals surface area contributed by atoms with Crippen molar-refractivity contribution in [3.8, 4) is 0 Å². The number of carbonyl (C=O) groups excluding carboxylic acids is 1. The molecule has 0 aliphatic heterocycles. The average molecular weight is 336 g/mol. The van der Waals surface area contributed by atoms with Gasteiger partial charge in [0.15, 0.2) is 0 Å². The fraction of sp³-hybridized carbons (Fsp3) is 0.417. The van der Waals surface area contributed by atoms with Crippen molar-refractivity contribution in [2.24, 2.45) is 0 Å². The standard InChI is InChI=1S/C12H19ClNO4PSi/c1-5-14(19(16,17)18)12(15)11-9(13)7-6-8-10(11)20(2,3)4/h6-8H,5H2,1-4H3,(H2,16,17,18). The van der Waals surface area contributed by atoms with Crippen molar-refractivity contribution in [3.05, 3.63) is 28.8 Å². The maximum atomic E-state index is 12.5. The Morgan fingerprint density at radius 3 is 2.30 bits per heavy atom. The summed E-state index contributed by atoms with van der Waals surface area (Å²) in [7, 11) is -6.52. The summed E-state index contributed by atoms with van der Waals surface area (Å²) in [6, 6.07) is 5.12. The first kappa shape index (κ1) is 17.4. The molecule has 1 aromatic carbocycles. The van der Waals surface area contributed by atoms with Gasteiger partial charge in [-0.3, -0.25) is 4.79 Å². The van der Waals surface area contributed by atoms with E-state index in [9.17, 15) is 19.1 Å². The molecular weight excluding hydrogens is 317 g/mol. The topological polar surface area (TPSA) is 77.8 Å². The molecule has 0 saturated heterocycles. The van der Waals surface area contributed by atoms with E-state index < -0.39 is 21.7 Å². The molecule has 0 atom stereocenters. The van der Waals surface area contributed by atoms with Gasteiger partial charge in [-0.1, -0.05) is 43.4 Å². The van der Waals surface area contributed by atoms with Crippen LogP contribution in [0.15, 0.2) is 18.2 Å². The highest BCUT2D eigenvalue weighted by Gasteiger charge is 2.34. The van der Waals surface area contributed by atoms with E-state index in [1.165, 1.54) is 6.92 Å². The van der Waals surface area contributed by atoms with Crippen LogP contribution in [-0.2, 0) is 4.57 Å². The SMILES string of the molecule is CCN(C(=O)c1c(Cl)cccc1[Si](C)(C)C)P(=O)(O)O. The Labute approximate surface area is 124 Å². The Hall–Kier alpha value is -0.653. The van der Waals surface area contributed by atoms with E-state index in [1.807, 2.05) is 19.6 Å². The predicted octanol–water partition coefficient (Wildman–Crippen LogP) is 2.44. The van der Waals surface area contributed by atoms with Crippen LogP contribution in [0, 0.1) is 0 Å². The molecule has 0 aliphatic carbocycles. The first-order valence-corrected chi connectivity index (χ1v) is 11.6. The normalized spacial score (nSPS) is 12.3. The average Bonchev–Trinajstić information content (AvgIpc) is 2.26. The smallest absolute Gasteiger partial charge is 0.308 e. The molecule has 20 heavy (non-hydrogen) atoms. The van der Waals surface area contributed by atoms with Crippen molar-refractivity contribution in [1.29, 1.82) is 0 Å². The van der Waals surface area contributed by atoms with E-state index in [2.05, 4.69) is 0 Å². The summed E-state index contributed by atoms with van der Waals surface area (Å²) in [5, 5.41) is 1.02. The lowest BCUT2D eigenvalue weighted by molar-refractivity contribution is 0.0835. The molecule has 0 radical (unpaired) electrons. The summed E-state index contributed by atoms with van der Waals surface area (Å²) in [5.41, 5.74) is 0.207. The fourth-order valence-corrected chi connectivity index (χ4v) is 4.57. The van der Waals surface area contributed by atoms with Crippen LogP contribution >= 0.6 is 19.3 Å². The minimum atomic E-state index is -4.65. The quantitative estimate of drug-likeness (QED) is 0.654. The van der Waals surface area contributed by atoms with Gasteiger partial charge in [-0.05, 0) is 18.2 Å². The van der Waals surface area contributed by atoms with Crippen molar-refractivity contribution < 1.29 is 19.1 Å². The van der Waals surface area contributed by atoms with Gasteiger partial charge in [0, 0.05) is 6.54 Å². The van der Waals surface area contributed by atoms with E-state index in [0.29, 0.717) is 4.67 Å². The number of rotatable bonds is 4. The minimum Gasteiger partial charge on any atom is -0.308 e. The highest BCUT2D eigenvalue weighted by Crippen LogP contribution is 2.41. The zero-order valence-corrected chi connectivity index (χ0v) is 14.6. The number of carbonyl (C=O) groups is 1. The van der Waals surface area contributed by atoms with Gasteiger partial charge in [-0.2, -0.15) is 0 Å². The van der Waals surface area contributed by atoms with Gasteiger partial charge in [0.05, 0.1) is 18.7 Å². The molecule has 0 aliphatic rings. The largest absolute Gasteiger partial charge is 0.432 e. The van der Waals surface area contributed by atoms with Gasteiger partial charge in [0.1, 0.15) is 0 Å². The molecule has 0 saturated carbocycles. The number of hydrogen-bond donors (Lipinski definition) is 2. The molecule has 0 fully saturated rings. The van der Waals surface area contributed by atoms with E-state index in [-0.39, 0.29) is 17.1 Å². The number of nitrogens with zero attached hydrogens (tertiary/aromatic N) is 1. The predicted molar refractivity (Wildman–Crippen MR) is 83.2 cm³/mol. The van der Waals surface area contributed by atoms with Gasteiger partial charge in [0.2, 0.25) is 0 Å². The summed E-state index contributed by atoms with van der Waals surface area (Å²) in [6.45, 7) is 7.57. The second-order valence-corrected chi connectivity index (χ2v) is 12.4. The molecule has 1 rings (SSSR count). The third-order valence-corrected chi connectivity index (χ3v) is 6.33. The molecular formula is C12H19ClNO4PSi. The lowest BCUT2D eigenvalue weighted by atomic mass is 10.2. The Morgan fingerprint density at radius 1 is 1.35 bits per heavy atom. The van der Waals surface area contributed by atoms with E-state index in [1.54, 1.807) is 18.2 Å². The maximum Gasteiger partial charge on any atom is 0.432 e. The summed E-state index contributed by atoms with van der Waals surface area (Å²) >= 11 is 6.10. The summed E-state index contributed by atoms with van der Waals surface area (Å²) in [4.78, 5) is 31.0. The fourth-order valence-electron chi connectivity index (χ4n) is 1.94. The number of hydrogen-bond acceptors (Lipinski definition) is 2. The molecule has 1 amide bonds. The van der Waals surface area contributed by atoms with Crippen LogP contribution in [0.5, 0.6) is 0 Å². The second-order valence-electron chi connectivity index (χ2n) is 5.45. The van der Waals surface area contributed by atoms with Crippen LogP contribution < -0.4 is 5.19 Å². The maximum absolute atomic E-state index is 12.5. The van der Waals surface area contributed by atoms with Gasteiger partial charge < -0.3 is 9.79 Å². The molecule has 112 valence electrons. The highest BCUT2D eigenvalue weighted by atomic mass is 35.5. The first-order chi connectivity index (χ1) is 9.00. The third-order valence-electron chi connectivity index (χ3n) is 2.88. The molecule has 5 nitrogen and oxygen atoms in total. The molecule has 0 unspecified atom stereocenters. The molecule has 0 aromatic heterocycles. The van der Waals surface area contributed by atoms with E-state index >= 15 is 0 Å². The van der Waals surface area contributed by atoms with Crippen LogP contribution in [0.3, 0.4) is 0 Å². The zero-order valence-electron chi connectivity index (χ0n) is 11.9. The molecule has 8 heteroatoms. The Kier molecular flexibility index (Phi) is 5.22. The van der Waals surface area contributed by atoms with E-state index in [0.717, 1.165) is 5.19 Å². The van der Waals surface area contributed by atoms with Gasteiger partial charge in [-0.25, -0.2) is 9.24 Å². The molecule has 0 spiro atoms. The monoisotopic (exact) mass is 335 g/mol. The van der Waals surface area contributed by atoms with E-state index in [4.69, 9.17) is 11.6 Å². The molecule has 0 bridgehead atoms. The highest BCUT2D eigenvalue weighted by molar-refractivity contribution is 7.50. The van der Waals surface area contributed by atoms with Gasteiger partial charge in [-0.15, -0.1) is 0 Å². The third kappa shape index (κ3) is 3.71. The van der Waals surface area contributed by atoms with Crippen molar-refractivity contribution in [2.75, 3.05) is 6.54 Å². The van der Waals surface area contributed by atoms with Gasteiger partial charge in [0.25, 0.3) is 5.91 Å². The Morgan fingerprint density at radius 2 is 1.90 bits per heavy atom. The zero-order chi connectivity index (χ0) is 15.7. The van der Waals surface area contributed by atoms with Crippen LogP contribution in [0.4, 0.5) is 0 Å². The van der Waals surface area contributed by atoms with Gasteiger partial charge >= 0.3 is 7.75 Å². The number of amides is 1. The lowest BCUT2D eigenvalue weighted by Crippen LogP contribution is -2.44. The summed E-state index contributed by atoms with van der Waals surface area (Å²) in [5.74, 6) is -0.719. The Bertz CT molecular complexity index is 567. The van der Waals surface area contributed by atoms with Crippen LogP contribution in [0.25, 0.3) is 0 Å². The Balaban J connectivity index is 3.47. The van der Waals surface area contributed by atoms with Crippen LogP contribution in [0.2, 0.25) is 24.7 Å². The molecule has 1 aromatic rings.